The Morgan fingerprint density at radius 1 is 1.31 bits per heavy atom. The van der Waals surface area contributed by atoms with Gasteiger partial charge in [-0.1, -0.05) is 27.7 Å². The number of rotatable bonds is 3. The van der Waals surface area contributed by atoms with Gasteiger partial charge >= 0.3 is 0 Å². The van der Waals surface area contributed by atoms with Crippen LogP contribution in [0.3, 0.4) is 0 Å². The van der Waals surface area contributed by atoms with Crippen molar-refractivity contribution in [2.75, 3.05) is 0 Å². The molecule has 1 nitrogen and oxygen atoms in total. The second-order valence-corrected chi connectivity index (χ2v) is 8.27. The van der Waals surface area contributed by atoms with E-state index in [1.165, 1.54) is 0 Å². The van der Waals surface area contributed by atoms with Crippen molar-refractivity contribution < 1.29 is 4.79 Å². The van der Waals surface area contributed by atoms with E-state index in [-0.39, 0.29) is 16.7 Å². The normalized spacial score (nSPS) is 22.1. The van der Waals surface area contributed by atoms with E-state index in [0.717, 1.165) is 8.66 Å². The van der Waals surface area contributed by atoms with E-state index in [1.54, 1.807) is 11.3 Å². The van der Waals surface area contributed by atoms with Gasteiger partial charge in [0.15, 0.2) is 0 Å². The molecule has 0 saturated heterocycles. The third kappa shape index (κ3) is 1.78. The molecular weight excluding hydrogens is 284 g/mol. The van der Waals surface area contributed by atoms with Crippen LogP contribution in [-0.2, 0) is 11.2 Å². The van der Waals surface area contributed by atoms with E-state index in [4.69, 9.17) is 0 Å². The zero-order chi connectivity index (χ0) is 12.1. The predicted octanol–water partition coefficient (Wildman–Crippen LogP) is 4.30. The summed E-state index contributed by atoms with van der Waals surface area (Å²) in [6.45, 7) is 8.78. The Hall–Kier alpha value is -0.150. The van der Waals surface area contributed by atoms with E-state index in [2.05, 4.69) is 43.6 Å². The zero-order valence-electron chi connectivity index (χ0n) is 10.1. The Kier molecular flexibility index (Phi) is 2.83. The molecule has 16 heavy (non-hydrogen) atoms. The Labute approximate surface area is 109 Å². The van der Waals surface area contributed by atoms with Crippen LogP contribution in [-0.4, -0.2) is 5.78 Å². The van der Waals surface area contributed by atoms with Crippen molar-refractivity contribution in [2.24, 2.45) is 16.7 Å². The van der Waals surface area contributed by atoms with Gasteiger partial charge in [-0.05, 0) is 38.9 Å². The van der Waals surface area contributed by atoms with Gasteiger partial charge in [0.25, 0.3) is 0 Å². The highest BCUT2D eigenvalue weighted by Gasteiger charge is 2.67. The molecule has 1 aliphatic carbocycles. The largest absolute Gasteiger partial charge is 0.299 e. The molecule has 0 N–H and O–H groups in total. The van der Waals surface area contributed by atoms with E-state index in [9.17, 15) is 4.79 Å². The molecule has 0 spiro atoms. The lowest BCUT2D eigenvalue weighted by Crippen LogP contribution is -2.09. The van der Waals surface area contributed by atoms with E-state index >= 15 is 0 Å². The first-order chi connectivity index (χ1) is 7.26. The summed E-state index contributed by atoms with van der Waals surface area (Å²) < 4.78 is 1.10. The molecule has 0 atom stereocenters. The van der Waals surface area contributed by atoms with Crippen molar-refractivity contribution in [2.45, 2.75) is 34.1 Å². The zero-order valence-corrected chi connectivity index (χ0v) is 12.5. The Morgan fingerprint density at radius 2 is 1.88 bits per heavy atom. The smallest absolute Gasteiger partial charge is 0.142 e. The van der Waals surface area contributed by atoms with Gasteiger partial charge < -0.3 is 0 Å². The molecule has 0 unspecified atom stereocenters. The molecule has 0 aliphatic heterocycles. The summed E-state index contributed by atoms with van der Waals surface area (Å²) in [7, 11) is 0. The minimum absolute atomic E-state index is 0.165. The van der Waals surface area contributed by atoms with Gasteiger partial charge in [-0.2, -0.15) is 0 Å². The lowest BCUT2D eigenvalue weighted by molar-refractivity contribution is -0.120. The van der Waals surface area contributed by atoms with Crippen molar-refractivity contribution in [1.82, 2.24) is 0 Å². The topological polar surface area (TPSA) is 17.1 Å². The molecule has 2 rings (SSSR count). The van der Waals surface area contributed by atoms with Crippen LogP contribution in [0, 0.1) is 16.7 Å². The first kappa shape index (κ1) is 12.3. The highest BCUT2D eigenvalue weighted by Crippen LogP contribution is 2.68. The summed E-state index contributed by atoms with van der Waals surface area (Å²) >= 11 is 5.08. The van der Waals surface area contributed by atoms with E-state index < -0.39 is 0 Å². The van der Waals surface area contributed by atoms with Crippen molar-refractivity contribution in [3.05, 3.63) is 20.8 Å². The van der Waals surface area contributed by atoms with Crippen molar-refractivity contribution in [3.63, 3.8) is 0 Å². The first-order valence-electron chi connectivity index (χ1n) is 5.54. The van der Waals surface area contributed by atoms with Gasteiger partial charge in [0.05, 0.1) is 3.79 Å². The summed E-state index contributed by atoms with van der Waals surface area (Å²) in [5, 5.41) is 0. The van der Waals surface area contributed by atoms with Gasteiger partial charge in [0, 0.05) is 17.2 Å². The van der Waals surface area contributed by atoms with Gasteiger partial charge in [-0.3, -0.25) is 4.79 Å². The van der Waals surface area contributed by atoms with Crippen LogP contribution in [0.2, 0.25) is 0 Å². The second-order valence-electron chi connectivity index (χ2n) is 5.73. The Bertz CT molecular complexity index is 417. The van der Waals surface area contributed by atoms with Crippen molar-refractivity contribution >= 4 is 33.0 Å². The van der Waals surface area contributed by atoms with Crippen LogP contribution in [0.5, 0.6) is 0 Å². The number of halogens is 1. The van der Waals surface area contributed by atoms with Crippen LogP contribution in [0.1, 0.15) is 32.6 Å². The average molecular weight is 301 g/mol. The number of hydrogen-bond donors (Lipinski definition) is 0. The Balaban J connectivity index is 2.06. The number of carbonyl (C=O) groups excluding carboxylic acids is 1. The fraction of sp³-hybridized carbons (Fsp3) is 0.615. The first-order valence-corrected chi connectivity index (χ1v) is 7.14. The molecule has 1 heterocycles. The molecule has 1 aromatic rings. The molecule has 1 aromatic heterocycles. The minimum atomic E-state index is 0.165. The van der Waals surface area contributed by atoms with Gasteiger partial charge in [0.2, 0.25) is 0 Å². The van der Waals surface area contributed by atoms with Crippen LogP contribution in [0.4, 0.5) is 0 Å². The highest BCUT2D eigenvalue weighted by molar-refractivity contribution is 9.11. The summed E-state index contributed by atoms with van der Waals surface area (Å²) in [6.07, 6.45) is 0.591. The summed E-state index contributed by atoms with van der Waals surface area (Å²) in [5.41, 5.74) is 0.331. The van der Waals surface area contributed by atoms with Crippen molar-refractivity contribution in [3.8, 4) is 0 Å². The number of thiophene rings is 1. The molecule has 0 radical (unpaired) electrons. The van der Waals surface area contributed by atoms with E-state index in [0.29, 0.717) is 12.2 Å². The SMILES string of the molecule is CC1(C)C(C(=O)Cc2ccc(Br)s2)C1(C)C. The van der Waals surface area contributed by atoms with Gasteiger partial charge in [-0.25, -0.2) is 0 Å². The fourth-order valence-corrected chi connectivity index (χ4v) is 4.21. The van der Waals surface area contributed by atoms with Crippen LogP contribution in [0.15, 0.2) is 15.9 Å². The minimum Gasteiger partial charge on any atom is -0.299 e. The lowest BCUT2D eigenvalue weighted by atomic mass is 10.0. The van der Waals surface area contributed by atoms with E-state index in [1.807, 2.05) is 12.1 Å². The van der Waals surface area contributed by atoms with Crippen LogP contribution >= 0.6 is 27.3 Å². The quantitative estimate of drug-likeness (QED) is 0.813. The summed E-state index contributed by atoms with van der Waals surface area (Å²) in [5.74, 6) is 0.616. The molecule has 1 fully saturated rings. The maximum absolute atomic E-state index is 12.2. The maximum Gasteiger partial charge on any atom is 0.142 e. The third-order valence-corrected chi connectivity index (χ3v) is 5.94. The highest BCUT2D eigenvalue weighted by atomic mass is 79.9. The molecule has 0 bridgehead atoms. The predicted molar refractivity (Wildman–Crippen MR) is 71.8 cm³/mol. The molecule has 1 saturated carbocycles. The number of carbonyl (C=O) groups is 1. The lowest BCUT2D eigenvalue weighted by Gasteiger charge is -2.03. The molecule has 3 heteroatoms. The van der Waals surface area contributed by atoms with Gasteiger partial charge in [-0.15, -0.1) is 11.3 Å². The summed E-state index contributed by atoms with van der Waals surface area (Å²) in [4.78, 5) is 13.4. The second kappa shape index (κ2) is 3.67. The molecule has 0 amide bonds. The van der Waals surface area contributed by atoms with Crippen LogP contribution in [0.25, 0.3) is 0 Å². The molecule has 1 aliphatic rings. The monoisotopic (exact) mass is 300 g/mol. The van der Waals surface area contributed by atoms with Gasteiger partial charge in [0.1, 0.15) is 5.78 Å². The average Bonchev–Trinajstić information content (AvgIpc) is 2.44. The van der Waals surface area contributed by atoms with Crippen molar-refractivity contribution in [1.29, 1.82) is 0 Å². The summed E-state index contributed by atoms with van der Waals surface area (Å²) in [6, 6.07) is 4.05. The number of Topliss-reactive ketones (excluding diaryl/α,β-unsaturated/α-hetero) is 1. The number of ketones is 1. The Morgan fingerprint density at radius 3 is 2.25 bits per heavy atom. The third-order valence-electron chi connectivity index (χ3n) is 4.32. The molecule has 0 aromatic carbocycles. The molecular formula is C13H17BrOS. The van der Waals surface area contributed by atoms with Crippen LogP contribution < -0.4 is 0 Å². The fourth-order valence-electron chi connectivity index (χ4n) is 2.72. The standard InChI is InChI=1S/C13H17BrOS/c1-12(2)11(13(12,3)4)9(15)7-8-5-6-10(14)16-8/h5-6,11H,7H2,1-4H3. The number of hydrogen-bond acceptors (Lipinski definition) is 2. The molecule has 88 valence electrons. The maximum atomic E-state index is 12.2.